The van der Waals surface area contributed by atoms with E-state index in [0.29, 0.717) is 19.4 Å². The fourth-order valence-corrected chi connectivity index (χ4v) is 1.68. The number of nitrogens with two attached hydrogens (primary N) is 1. The Morgan fingerprint density at radius 3 is 2.94 bits per heavy atom. The third-order valence-corrected chi connectivity index (χ3v) is 2.62. The van der Waals surface area contributed by atoms with E-state index in [1.54, 1.807) is 6.20 Å². The van der Waals surface area contributed by atoms with Crippen molar-refractivity contribution in [2.75, 3.05) is 6.54 Å². The van der Waals surface area contributed by atoms with Crippen molar-refractivity contribution in [2.24, 2.45) is 5.73 Å². The number of rotatable bonds is 7. The van der Waals surface area contributed by atoms with Crippen molar-refractivity contribution >= 4 is 5.91 Å². The van der Waals surface area contributed by atoms with Crippen molar-refractivity contribution in [3.8, 4) is 0 Å². The summed E-state index contributed by atoms with van der Waals surface area (Å²) in [7, 11) is 0. The van der Waals surface area contributed by atoms with Crippen LogP contribution in [-0.2, 0) is 11.2 Å². The Labute approximate surface area is 103 Å². The Hall–Kier alpha value is -1.42. The third kappa shape index (κ3) is 5.45. The van der Waals surface area contributed by atoms with Gasteiger partial charge in [0, 0.05) is 30.9 Å². The molecule has 1 heterocycles. The zero-order valence-electron chi connectivity index (χ0n) is 10.4. The standard InChI is InChI=1S/C13H21N3O/c1-2-5-12(10-14)16-13(17)8-7-11-6-3-4-9-15-11/h3-4,6,9,12H,2,5,7-8,10,14H2,1H3,(H,16,17). The number of nitrogens with zero attached hydrogens (tertiary/aromatic N) is 1. The minimum Gasteiger partial charge on any atom is -0.352 e. The van der Waals surface area contributed by atoms with Gasteiger partial charge in [-0.3, -0.25) is 9.78 Å². The van der Waals surface area contributed by atoms with Gasteiger partial charge in [0.15, 0.2) is 0 Å². The molecule has 1 aromatic heterocycles. The minimum absolute atomic E-state index is 0.0551. The van der Waals surface area contributed by atoms with E-state index in [9.17, 15) is 4.79 Å². The van der Waals surface area contributed by atoms with Crippen LogP contribution >= 0.6 is 0 Å². The maximum Gasteiger partial charge on any atom is 0.220 e. The van der Waals surface area contributed by atoms with Crippen LogP contribution in [0.1, 0.15) is 31.9 Å². The van der Waals surface area contributed by atoms with Crippen molar-refractivity contribution in [3.63, 3.8) is 0 Å². The SMILES string of the molecule is CCCC(CN)NC(=O)CCc1ccccn1. The van der Waals surface area contributed by atoms with Gasteiger partial charge >= 0.3 is 0 Å². The van der Waals surface area contributed by atoms with Gasteiger partial charge in [-0.25, -0.2) is 0 Å². The van der Waals surface area contributed by atoms with E-state index in [1.807, 2.05) is 18.2 Å². The number of hydrogen-bond acceptors (Lipinski definition) is 3. The highest BCUT2D eigenvalue weighted by Crippen LogP contribution is 2.00. The van der Waals surface area contributed by atoms with E-state index in [2.05, 4.69) is 17.2 Å². The molecule has 17 heavy (non-hydrogen) atoms. The predicted octanol–water partition coefficient (Wildman–Crippen LogP) is 1.26. The van der Waals surface area contributed by atoms with Gasteiger partial charge in [0.1, 0.15) is 0 Å². The molecule has 0 aliphatic rings. The number of carbonyl (C=O) groups excluding carboxylic acids is 1. The average Bonchev–Trinajstić information content (AvgIpc) is 2.37. The Kier molecular flexibility index (Phi) is 6.25. The number of pyridine rings is 1. The van der Waals surface area contributed by atoms with Crippen LogP contribution in [0.3, 0.4) is 0 Å². The smallest absolute Gasteiger partial charge is 0.220 e. The van der Waals surface area contributed by atoms with Crippen LogP contribution in [0, 0.1) is 0 Å². The van der Waals surface area contributed by atoms with Gasteiger partial charge in [-0.05, 0) is 25.0 Å². The lowest BCUT2D eigenvalue weighted by Crippen LogP contribution is -2.40. The van der Waals surface area contributed by atoms with Crippen LogP contribution in [0.25, 0.3) is 0 Å². The molecule has 0 saturated heterocycles. The summed E-state index contributed by atoms with van der Waals surface area (Å²) in [6.45, 7) is 2.59. The summed E-state index contributed by atoms with van der Waals surface area (Å²) in [6.07, 6.45) is 4.86. The molecule has 1 unspecified atom stereocenters. The molecule has 0 radical (unpaired) electrons. The van der Waals surface area contributed by atoms with Gasteiger partial charge in [-0.1, -0.05) is 19.4 Å². The quantitative estimate of drug-likeness (QED) is 0.747. The molecular formula is C13H21N3O. The summed E-state index contributed by atoms with van der Waals surface area (Å²) in [6, 6.07) is 5.84. The number of aromatic nitrogens is 1. The first-order chi connectivity index (χ1) is 8.26. The zero-order valence-corrected chi connectivity index (χ0v) is 10.4. The van der Waals surface area contributed by atoms with Crippen LogP contribution in [0.15, 0.2) is 24.4 Å². The molecule has 0 aromatic carbocycles. The first-order valence-electron chi connectivity index (χ1n) is 6.15. The Morgan fingerprint density at radius 1 is 1.53 bits per heavy atom. The second-order valence-corrected chi connectivity index (χ2v) is 4.11. The van der Waals surface area contributed by atoms with Gasteiger partial charge < -0.3 is 11.1 Å². The molecule has 0 aliphatic heterocycles. The van der Waals surface area contributed by atoms with E-state index in [0.717, 1.165) is 18.5 Å². The molecule has 4 nitrogen and oxygen atoms in total. The highest BCUT2D eigenvalue weighted by atomic mass is 16.1. The van der Waals surface area contributed by atoms with Crippen LogP contribution < -0.4 is 11.1 Å². The van der Waals surface area contributed by atoms with Crippen molar-refractivity contribution in [2.45, 2.75) is 38.6 Å². The molecule has 0 saturated carbocycles. The van der Waals surface area contributed by atoms with E-state index in [-0.39, 0.29) is 11.9 Å². The van der Waals surface area contributed by atoms with E-state index in [4.69, 9.17) is 5.73 Å². The maximum absolute atomic E-state index is 11.7. The van der Waals surface area contributed by atoms with Gasteiger partial charge in [0.05, 0.1) is 0 Å². The summed E-state index contributed by atoms with van der Waals surface area (Å²) < 4.78 is 0. The summed E-state index contributed by atoms with van der Waals surface area (Å²) >= 11 is 0. The zero-order chi connectivity index (χ0) is 12.5. The molecule has 0 bridgehead atoms. The molecule has 1 rings (SSSR count). The summed E-state index contributed by atoms with van der Waals surface area (Å²) in [5.74, 6) is 0.0551. The molecule has 94 valence electrons. The number of hydrogen-bond donors (Lipinski definition) is 2. The number of carbonyl (C=O) groups is 1. The molecule has 1 aromatic rings. The van der Waals surface area contributed by atoms with Crippen molar-refractivity contribution in [3.05, 3.63) is 30.1 Å². The number of amides is 1. The third-order valence-electron chi connectivity index (χ3n) is 2.62. The van der Waals surface area contributed by atoms with Gasteiger partial charge in [0.2, 0.25) is 5.91 Å². The van der Waals surface area contributed by atoms with Crippen LogP contribution in [0.5, 0.6) is 0 Å². The summed E-state index contributed by atoms with van der Waals surface area (Å²) in [4.78, 5) is 15.8. The van der Waals surface area contributed by atoms with E-state index < -0.39 is 0 Å². The van der Waals surface area contributed by atoms with Crippen LogP contribution in [-0.4, -0.2) is 23.5 Å². The summed E-state index contributed by atoms with van der Waals surface area (Å²) in [5.41, 5.74) is 6.53. The molecule has 1 atom stereocenters. The molecular weight excluding hydrogens is 214 g/mol. The summed E-state index contributed by atoms with van der Waals surface area (Å²) in [5, 5.41) is 2.95. The number of aryl methyl sites for hydroxylation is 1. The normalized spacial score (nSPS) is 12.1. The van der Waals surface area contributed by atoms with Gasteiger partial charge in [-0.15, -0.1) is 0 Å². The van der Waals surface area contributed by atoms with Crippen molar-refractivity contribution < 1.29 is 4.79 Å². The van der Waals surface area contributed by atoms with Gasteiger partial charge in [0.25, 0.3) is 0 Å². The predicted molar refractivity (Wildman–Crippen MR) is 68.5 cm³/mol. The first kappa shape index (κ1) is 13.6. The highest BCUT2D eigenvalue weighted by Gasteiger charge is 2.09. The Bertz CT molecular complexity index is 327. The Morgan fingerprint density at radius 2 is 2.35 bits per heavy atom. The molecule has 0 fully saturated rings. The first-order valence-corrected chi connectivity index (χ1v) is 6.15. The topological polar surface area (TPSA) is 68.0 Å². The lowest BCUT2D eigenvalue weighted by molar-refractivity contribution is -0.121. The molecule has 3 N–H and O–H groups in total. The average molecular weight is 235 g/mol. The molecule has 0 spiro atoms. The number of nitrogens with one attached hydrogen (secondary N) is 1. The lowest BCUT2D eigenvalue weighted by Gasteiger charge is -2.15. The Balaban J connectivity index is 2.30. The van der Waals surface area contributed by atoms with Crippen LogP contribution in [0.2, 0.25) is 0 Å². The highest BCUT2D eigenvalue weighted by molar-refractivity contribution is 5.76. The second-order valence-electron chi connectivity index (χ2n) is 4.11. The van der Waals surface area contributed by atoms with E-state index >= 15 is 0 Å². The maximum atomic E-state index is 11.7. The monoisotopic (exact) mass is 235 g/mol. The fraction of sp³-hybridized carbons (Fsp3) is 0.538. The van der Waals surface area contributed by atoms with Gasteiger partial charge in [-0.2, -0.15) is 0 Å². The lowest BCUT2D eigenvalue weighted by atomic mass is 10.1. The van der Waals surface area contributed by atoms with Crippen LogP contribution in [0.4, 0.5) is 0 Å². The molecule has 1 amide bonds. The fourth-order valence-electron chi connectivity index (χ4n) is 1.68. The largest absolute Gasteiger partial charge is 0.352 e. The second kappa shape index (κ2) is 7.79. The van der Waals surface area contributed by atoms with Crippen molar-refractivity contribution in [1.29, 1.82) is 0 Å². The van der Waals surface area contributed by atoms with E-state index in [1.165, 1.54) is 0 Å². The minimum atomic E-state index is 0.0551. The molecule has 0 aliphatic carbocycles. The molecule has 4 heteroatoms. The van der Waals surface area contributed by atoms with Crippen molar-refractivity contribution in [1.82, 2.24) is 10.3 Å².